The second kappa shape index (κ2) is 6.80. The number of carboxylic acids is 1. The second-order valence-electron chi connectivity index (χ2n) is 3.67. The Morgan fingerprint density at radius 1 is 1.44 bits per heavy atom. The molecule has 0 saturated heterocycles. The summed E-state index contributed by atoms with van der Waals surface area (Å²) >= 11 is 0. The first-order valence-electron chi connectivity index (χ1n) is 5.34. The van der Waals surface area contributed by atoms with Crippen molar-refractivity contribution in [2.24, 2.45) is 5.92 Å². The molecule has 2 N–H and O–H groups in total. The van der Waals surface area contributed by atoms with Crippen molar-refractivity contribution in [2.75, 3.05) is 6.54 Å². The van der Waals surface area contributed by atoms with Crippen LogP contribution in [-0.4, -0.2) is 17.6 Å². The zero-order valence-electron chi connectivity index (χ0n) is 9.39. The standard InChI is InChI=1S/C13H17NO2/c1-11(13(15)16)6-5-9-14-10-12-7-3-2-4-8-12/h2-8,11,14H,9-10H2,1H3,(H,15,16). The highest BCUT2D eigenvalue weighted by molar-refractivity contribution is 5.71. The molecule has 1 unspecified atom stereocenters. The number of rotatable bonds is 6. The van der Waals surface area contributed by atoms with Crippen LogP contribution in [0.3, 0.4) is 0 Å². The minimum absolute atomic E-state index is 0.418. The lowest BCUT2D eigenvalue weighted by molar-refractivity contribution is -0.139. The third-order valence-electron chi connectivity index (χ3n) is 2.25. The molecule has 1 aromatic rings. The Labute approximate surface area is 95.8 Å². The molecule has 16 heavy (non-hydrogen) atoms. The highest BCUT2D eigenvalue weighted by atomic mass is 16.4. The number of hydrogen-bond acceptors (Lipinski definition) is 2. The number of aliphatic carboxylic acids is 1. The van der Waals surface area contributed by atoms with Crippen LogP contribution in [0.25, 0.3) is 0 Å². The molecule has 0 aliphatic rings. The molecule has 1 rings (SSSR count). The van der Waals surface area contributed by atoms with Gasteiger partial charge in [0.1, 0.15) is 0 Å². The van der Waals surface area contributed by atoms with Crippen LogP contribution in [-0.2, 0) is 11.3 Å². The summed E-state index contributed by atoms with van der Waals surface area (Å²) in [6, 6.07) is 10.1. The fourth-order valence-corrected chi connectivity index (χ4v) is 1.25. The van der Waals surface area contributed by atoms with Gasteiger partial charge in [0.25, 0.3) is 0 Å². The van der Waals surface area contributed by atoms with Gasteiger partial charge in [0.05, 0.1) is 5.92 Å². The second-order valence-corrected chi connectivity index (χ2v) is 3.67. The van der Waals surface area contributed by atoms with Crippen molar-refractivity contribution >= 4 is 5.97 Å². The van der Waals surface area contributed by atoms with Crippen LogP contribution in [0.4, 0.5) is 0 Å². The highest BCUT2D eigenvalue weighted by Gasteiger charge is 2.04. The van der Waals surface area contributed by atoms with Gasteiger partial charge in [0, 0.05) is 13.1 Å². The largest absolute Gasteiger partial charge is 0.481 e. The van der Waals surface area contributed by atoms with Crippen molar-refractivity contribution in [3.63, 3.8) is 0 Å². The van der Waals surface area contributed by atoms with Crippen LogP contribution >= 0.6 is 0 Å². The van der Waals surface area contributed by atoms with Gasteiger partial charge in [-0.15, -0.1) is 0 Å². The average Bonchev–Trinajstić information content (AvgIpc) is 2.29. The van der Waals surface area contributed by atoms with Crippen LogP contribution in [0.2, 0.25) is 0 Å². The fraction of sp³-hybridized carbons (Fsp3) is 0.308. The molecule has 0 aliphatic carbocycles. The summed E-state index contributed by atoms with van der Waals surface area (Å²) in [5.41, 5.74) is 1.22. The van der Waals surface area contributed by atoms with E-state index in [1.165, 1.54) is 5.56 Å². The van der Waals surface area contributed by atoms with E-state index >= 15 is 0 Å². The van der Waals surface area contributed by atoms with Gasteiger partial charge in [-0.05, 0) is 12.5 Å². The zero-order chi connectivity index (χ0) is 11.8. The van der Waals surface area contributed by atoms with Crippen molar-refractivity contribution in [1.29, 1.82) is 0 Å². The maximum absolute atomic E-state index is 10.5. The summed E-state index contributed by atoms with van der Waals surface area (Å²) in [4.78, 5) is 10.5. The van der Waals surface area contributed by atoms with E-state index in [9.17, 15) is 4.79 Å². The molecule has 0 aliphatic heterocycles. The molecular formula is C13H17NO2. The van der Waals surface area contributed by atoms with E-state index in [2.05, 4.69) is 17.4 Å². The number of carboxylic acid groups (broad SMARTS) is 1. The average molecular weight is 219 g/mol. The lowest BCUT2D eigenvalue weighted by Gasteiger charge is -2.02. The van der Waals surface area contributed by atoms with Crippen LogP contribution < -0.4 is 5.32 Å². The van der Waals surface area contributed by atoms with Crippen molar-refractivity contribution in [3.8, 4) is 0 Å². The summed E-state index contributed by atoms with van der Waals surface area (Å²) in [6.07, 6.45) is 3.54. The normalized spacial score (nSPS) is 12.8. The monoisotopic (exact) mass is 219 g/mol. The van der Waals surface area contributed by atoms with Crippen molar-refractivity contribution in [2.45, 2.75) is 13.5 Å². The molecule has 0 aromatic heterocycles. The number of carbonyl (C=O) groups is 1. The first-order valence-corrected chi connectivity index (χ1v) is 5.34. The highest BCUT2D eigenvalue weighted by Crippen LogP contribution is 1.98. The van der Waals surface area contributed by atoms with Gasteiger partial charge < -0.3 is 10.4 Å². The van der Waals surface area contributed by atoms with Crippen molar-refractivity contribution < 1.29 is 9.90 Å². The van der Waals surface area contributed by atoms with E-state index in [1.54, 1.807) is 13.0 Å². The smallest absolute Gasteiger partial charge is 0.310 e. The Balaban J connectivity index is 2.20. The summed E-state index contributed by atoms with van der Waals surface area (Å²) < 4.78 is 0. The van der Waals surface area contributed by atoms with Gasteiger partial charge in [-0.3, -0.25) is 4.79 Å². The number of hydrogen-bond donors (Lipinski definition) is 2. The molecule has 3 nitrogen and oxygen atoms in total. The predicted octanol–water partition coefficient (Wildman–Crippen LogP) is 2.05. The van der Waals surface area contributed by atoms with Gasteiger partial charge in [0.2, 0.25) is 0 Å². The molecule has 0 radical (unpaired) electrons. The van der Waals surface area contributed by atoms with Gasteiger partial charge in [-0.2, -0.15) is 0 Å². The summed E-state index contributed by atoms with van der Waals surface area (Å²) in [5, 5.41) is 11.9. The van der Waals surface area contributed by atoms with Crippen LogP contribution in [0.15, 0.2) is 42.5 Å². The quantitative estimate of drug-likeness (QED) is 0.568. The Morgan fingerprint density at radius 3 is 2.75 bits per heavy atom. The van der Waals surface area contributed by atoms with E-state index in [1.807, 2.05) is 24.3 Å². The Bertz CT molecular complexity index is 346. The van der Waals surface area contributed by atoms with Gasteiger partial charge >= 0.3 is 5.97 Å². The maximum Gasteiger partial charge on any atom is 0.310 e. The van der Waals surface area contributed by atoms with Gasteiger partial charge in [0.15, 0.2) is 0 Å². The number of nitrogens with one attached hydrogen (secondary N) is 1. The van der Waals surface area contributed by atoms with Crippen molar-refractivity contribution in [3.05, 3.63) is 48.0 Å². The van der Waals surface area contributed by atoms with Crippen LogP contribution in [0, 0.1) is 5.92 Å². The Hall–Kier alpha value is -1.61. The SMILES string of the molecule is CC(C=CCNCc1ccccc1)C(=O)O. The predicted molar refractivity (Wildman–Crippen MR) is 64.1 cm³/mol. The Morgan fingerprint density at radius 2 is 2.12 bits per heavy atom. The molecule has 0 fully saturated rings. The fourth-order valence-electron chi connectivity index (χ4n) is 1.25. The third-order valence-corrected chi connectivity index (χ3v) is 2.25. The topological polar surface area (TPSA) is 49.3 Å². The van der Waals surface area contributed by atoms with E-state index in [0.29, 0.717) is 6.54 Å². The van der Waals surface area contributed by atoms with Crippen LogP contribution in [0.5, 0.6) is 0 Å². The van der Waals surface area contributed by atoms with Crippen LogP contribution in [0.1, 0.15) is 12.5 Å². The minimum Gasteiger partial charge on any atom is -0.481 e. The van der Waals surface area contributed by atoms with E-state index < -0.39 is 11.9 Å². The van der Waals surface area contributed by atoms with E-state index in [0.717, 1.165) is 6.54 Å². The molecule has 0 heterocycles. The molecule has 0 spiro atoms. The molecule has 1 aromatic carbocycles. The Kier molecular flexibility index (Phi) is 5.29. The molecule has 0 saturated carbocycles. The molecule has 1 atom stereocenters. The first kappa shape index (κ1) is 12.5. The summed E-state index contributed by atoms with van der Waals surface area (Å²) in [5.74, 6) is -1.21. The third kappa shape index (κ3) is 4.75. The number of benzene rings is 1. The van der Waals surface area contributed by atoms with Gasteiger partial charge in [-0.1, -0.05) is 42.5 Å². The zero-order valence-corrected chi connectivity index (χ0v) is 9.39. The molecular weight excluding hydrogens is 202 g/mol. The lowest BCUT2D eigenvalue weighted by atomic mass is 10.2. The molecule has 86 valence electrons. The van der Waals surface area contributed by atoms with Crippen molar-refractivity contribution in [1.82, 2.24) is 5.32 Å². The van der Waals surface area contributed by atoms with E-state index in [-0.39, 0.29) is 0 Å². The summed E-state index contributed by atoms with van der Waals surface area (Å²) in [7, 11) is 0. The maximum atomic E-state index is 10.5. The van der Waals surface area contributed by atoms with E-state index in [4.69, 9.17) is 5.11 Å². The van der Waals surface area contributed by atoms with Gasteiger partial charge in [-0.25, -0.2) is 0 Å². The molecule has 3 heteroatoms. The first-order chi connectivity index (χ1) is 7.70. The summed E-state index contributed by atoms with van der Waals surface area (Å²) in [6.45, 7) is 3.15. The minimum atomic E-state index is -0.792. The molecule has 0 amide bonds. The molecule has 0 bridgehead atoms. The lowest BCUT2D eigenvalue weighted by Crippen LogP contribution is -2.13.